The Bertz CT molecular complexity index is 484. The number of nitrogens with zero attached hydrogens (tertiary/aromatic N) is 2. The zero-order valence-electron chi connectivity index (χ0n) is 9.96. The number of carboxylic acids is 1. The van der Waals surface area contributed by atoms with Crippen LogP contribution in [0.25, 0.3) is 0 Å². The second kappa shape index (κ2) is 5.57. The van der Waals surface area contributed by atoms with Gasteiger partial charge in [-0.3, -0.25) is 9.36 Å². The Morgan fingerprint density at radius 3 is 3.11 bits per heavy atom. The monoisotopic (exact) mass is 273 g/mol. The number of hydrogen-bond acceptors (Lipinski definition) is 5. The molecule has 0 amide bonds. The second-order valence-electron chi connectivity index (χ2n) is 4.14. The molecule has 0 aromatic carbocycles. The van der Waals surface area contributed by atoms with Gasteiger partial charge in [-0.25, -0.2) is 9.89 Å². The van der Waals surface area contributed by atoms with E-state index in [9.17, 15) is 9.59 Å². The van der Waals surface area contributed by atoms with Crippen molar-refractivity contribution in [2.24, 2.45) is 0 Å². The number of rotatable bonds is 5. The molecule has 0 radical (unpaired) electrons. The molecule has 2 atom stereocenters. The molecule has 0 saturated heterocycles. The zero-order valence-corrected chi connectivity index (χ0v) is 10.8. The van der Waals surface area contributed by atoms with Crippen molar-refractivity contribution in [1.29, 1.82) is 0 Å². The van der Waals surface area contributed by atoms with E-state index in [-0.39, 0.29) is 23.6 Å². The van der Waals surface area contributed by atoms with Crippen molar-refractivity contribution in [3.8, 4) is 0 Å². The number of aromatic nitrogens is 3. The van der Waals surface area contributed by atoms with Gasteiger partial charge in [-0.2, -0.15) is 0 Å². The predicted octanol–water partition coefficient (Wildman–Crippen LogP) is 0.488. The number of methoxy groups -OCH3 is 1. The first-order chi connectivity index (χ1) is 8.63. The number of aliphatic carboxylic acids is 1. The second-order valence-corrected chi connectivity index (χ2v) is 5.08. The minimum Gasteiger partial charge on any atom is -0.481 e. The van der Waals surface area contributed by atoms with Crippen molar-refractivity contribution in [2.45, 2.75) is 36.6 Å². The van der Waals surface area contributed by atoms with Crippen LogP contribution in [0, 0.1) is 0 Å². The van der Waals surface area contributed by atoms with Crippen molar-refractivity contribution in [3.05, 3.63) is 10.5 Å². The number of aromatic amines is 1. The average Bonchev–Trinajstić information content (AvgIpc) is 2.92. The highest BCUT2D eigenvalue weighted by Gasteiger charge is 2.32. The third-order valence-corrected chi connectivity index (χ3v) is 3.99. The first-order valence-corrected chi connectivity index (χ1v) is 6.66. The highest BCUT2D eigenvalue weighted by molar-refractivity contribution is 7.99. The van der Waals surface area contributed by atoms with Crippen LogP contribution in [0.4, 0.5) is 0 Å². The molecule has 0 bridgehead atoms. The Hall–Kier alpha value is -1.28. The van der Waals surface area contributed by atoms with Crippen LogP contribution in [0.2, 0.25) is 0 Å². The molecule has 1 aliphatic rings. The number of ether oxygens (including phenoxy) is 1. The van der Waals surface area contributed by atoms with Gasteiger partial charge in [-0.15, -0.1) is 5.10 Å². The summed E-state index contributed by atoms with van der Waals surface area (Å²) in [7, 11) is 1.62. The smallest absolute Gasteiger partial charge is 0.344 e. The van der Waals surface area contributed by atoms with E-state index in [1.165, 1.54) is 4.57 Å². The molecule has 18 heavy (non-hydrogen) atoms. The normalized spacial score (nSPS) is 23.4. The van der Waals surface area contributed by atoms with Crippen LogP contribution in [0.1, 0.15) is 25.3 Å². The molecular weight excluding hydrogens is 258 g/mol. The van der Waals surface area contributed by atoms with E-state index >= 15 is 0 Å². The molecule has 2 rings (SSSR count). The molecule has 0 spiro atoms. The van der Waals surface area contributed by atoms with E-state index in [1.807, 2.05) is 0 Å². The fourth-order valence-electron chi connectivity index (χ4n) is 2.29. The van der Waals surface area contributed by atoms with Gasteiger partial charge in [0.25, 0.3) is 0 Å². The van der Waals surface area contributed by atoms with Crippen molar-refractivity contribution in [3.63, 3.8) is 0 Å². The lowest BCUT2D eigenvalue weighted by Gasteiger charge is -2.19. The summed E-state index contributed by atoms with van der Waals surface area (Å²) in [6.45, 7) is 0. The molecule has 2 N–H and O–H groups in total. The summed E-state index contributed by atoms with van der Waals surface area (Å²) in [5.41, 5.74) is -0.308. The van der Waals surface area contributed by atoms with E-state index in [0.717, 1.165) is 31.0 Å². The summed E-state index contributed by atoms with van der Waals surface area (Å²) in [6, 6.07) is -0.0578. The molecule has 2 unspecified atom stereocenters. The number of carboxylic acid groups (broad SMARTS) is 1. The molecule has 100 valence electrons. The standard InChI is InChI=1S/C10H15N3O4S/c1-17-7-4-2-3-6(7)13-9(16)11-12-10(13)18-5-8(14)15/h6-7H,2-5H2,1H3,(H,11,16)(H,14,15). The third kappa shape index (κ3) is 2.59. The maximum atomic E-state index is 11.8. The van der Waals surface area contributed by atoms with Gasteiger partial charge in [0.2, 0.25) is 0 Å². The fourth-order valence-corrected chi connectivity index (χ4v) is 3.01. The first kappa shape index (κ1) is 13.2. The van der Waals surface area contributed by atoms with Crippen LogP contribution in [0.5, 0.6) is 0 Å². The highest BCUT2D eigenvalue weighted by Crippen LogP contribution is 2.33. The van der Waals surface area contributed by atoms with Crippen LogP contribution in [0.3, 0.4) is 0 Å². The molecule has 1 saturated carbocycles. The Morgan fingerprint density at radius 2 is 2.44 bits per heavy atom. The molecule has 8 heteroatoms. The SMILES string of the molecule is COC1CCCC1n1c(SCC(=O)O)n[nH]c1=O. The van der Waals surface area contributed by atoms with Crippen LogP contribution in [-0.4, -0.2) is 44.8 Å². The van der Waals surface area contributed by atoms with Crippen LogP contribution < -0.4 is 5.69 Å². The molecule has 7 nitrogen and oxygen atoms in total. The maximum Gasteiger partial charge on any atom is 0.344 e. The number of carbonyl (C=O) groups is 1. The molecule has 1 aliphatic carbocycles. The highest BCUT2D eigenvalue weighted by atomic mass is 32.2. The lowest BCUT2D eigenvalue weighted by molar-refractivity contribution is -0.133. The number of H-pyrrole nitrogens is 1. The van der Waals surface area contributed by atoms with E-state index in [0.29, 0.717) is 5.16 Å². The molecular formula is C10H15N3O4S. The van der Waals surface area contributed by atoms with Crippen molar-refractivity contribution >= 4 is 17.7 Å². The Kier molecular flexibility index (Phi) is 4.07. The fraction of sp³-hybridized carbons (Fsp3) is 0.700. The minimum atomic E-state index is -0.934. The van der Waals surface area contributed by atoms with Gasteiger partial charge in [0.1, 0.15) is 0 Å². The first-order valence-electron chi connectivity index (χ1n) is 5.67. The minimum absolute atomic E-state index is 0.00974. The Morgan fingerprint density at radius 1 is 1.67 bits per heavy atom. The van der Waals surface area contributed by atoms with Crippen LogP contribution >= 0.6 is 11.8 Å². The summed E-state index contributed by atoms with van der Waals surface area (Å²) in [4.78, 5) is 22.3. The van der Waals surface area contributed by atoms with Gasteiger partial charge in [-0.1, -0.05) is 11.8 Å². The summed E-state index contributed by atoms with van der Waals surface area (Å²) in [6.07, 6.45) is 2.73. The lowest BCUT2D eigenvalue weighted by atomic mass is 10.2. The van der Waals surface area contributed by atoms with Gasteiger partial charge in [-0.05, 0) is 19.3 Å². The molecule has 1 aromatic rings. The Balaban J connectivity index is 2.23. The van der Waals surface area contributed by atoms with E-state index < -0.39 is 5.97 Å². The maximum absolute atomic E-state index is 11.8. The largest absolute Gasteiger partial charge is 0.481 e. The molecule has 1 aromatic heterocycles. The van der Waals surface area contributed by atoms with E-state index in [1.54, 1.807) is 7.11 Å². The van der Waals surface area contributed by atoms with Gasteiger partial charge in [0.05, 0.1) is 17.9 Å². The van der Waals surface area contributed by atoms with Crippen molar-refractivity contribution < 1.29 is 14.6 Å². The summed E-state index contributed by atoms with van der Waals surface area (Å²) in [5, 5.41) is 15.3. The van der Waals surface area contributed by atoms with E-state index in [2.05, 4.69) is 10.2 Å². The van der Waals surface area contributed by atoms with Crippen molar-refractivity contribution in [1.82, 2.24) is 14.8 Å². The van der Waals surface area contributed by atoms with Gasteiger partial charge < -0.3 is 9.84 Å². The average molecular weight is 273 g/mol. The third-order valence-electron chi connectivity index (χ3n) is 3.05. The summed E-state index contributed by atoms with van der Waals surface area (Å²) >= 11 is 1.04. The molecule has 0 aliphatic heterocycles. The Labute approximate surface area is 108 Å². The van der Waals surface area contributed by atoms with Gasteiger partial charge >= 0.3 is 11.7 Å². The molecule has 1 fully saturated rings. The summed E-state index contributed by atoms with van der Waals surface area (Å²) < 4.78 is 6.88. The number of hydrogen-bond donors (Lipinski definition) is 2. The summed E-state index contributed by atoms with van der Waals surface area (Å²) in [5.74, 6) is -1.05. The predicted molar refractivity (Wildman–Crippen MR) is 64.9 cm³/mol. The van der Waals surface area contributed by atoms with E-state index in [4.69, 9.17) is 9.84 Å². The zero-order chi connectivity index (χ0) is 13.1. The lowest BCUT2D eigenvalue weighted by Crippen LogP contribution is -2.29. The number of nitrogens with one attached hydrogen (secondary N) is 1. The number of thioether (sulfide) groups is 1. The topological polar surface area (TPSA) is 97.2 Å². The van der Waals surface area contributed by atoms with Gasteiger partial charge in [0, 0.05) is 7.11 Å². The van der Waals surface area contributed by atoms with Crippen molar-refractivity contribution in [2.75, 3.05) is 12.9 Å². The van der Waals surface area contributed by atoms with Crippen LogP contribution in [-0.2, 0) is 9.53 Å². The molecule has 1 heterocycles. The van der Waals surface area contributed by atoms with Crippen LogP contribution in [0.15, 0.2) is 9.95 Å². The quantitative estimate of drug-likeness (QED) is 0.758. The van der Waals surface area contributed by atoms with Gasteiger partial charge in [0.15, 0.2) is 5.16 Å².